The van der Waals surface area contributed by atoms with Gasteiger partial charge in [-0.05, 0) is 35.9 Å². The van der Waals surface area contributed by atoms with E-state index in [4.69, 9.17) is 4.42 Å². The first-order valence-corrected chi connectivity index (χ1v) is 8.55. The van der Waals surface area contributed by atoms with Gasteiger partial charge in [-0.15, -0.1) is 0 Å². The Balaban J connectivity index is 1.58. The van der Waals surface area contributed by atoms with E-state index >= 15 is 0 Å². The van der Waals surface area contributed by atoms with Crippen LogP contribution in [0.1, 0.15) is 16.9 Å². The highest BCUT2D eigenvalue weighted by atomic mass is 19.4. The number of carbonyl (C=O) groups excluding carboxylic acids is 1. The smallest absolute Gasteiger partial charge is 0.416 e. The Bertz CT molecular complexity index is 1090. The number of nitro benzene ring substituents is 1. The molecule has 3 aromatic rings. The maximum absolute atomic E-state index is 12.7. The summed E-state index contributed by atoms with van der Waals surface area (Å²) in [5, 5.41) is 14.4. The second-order valence-corrected chi connectivity index (χ2v) is 6.17. The lowest BCUT2D eigenvalue weighted by Crippen LogP contribution is -2.20. The van der Waals surface area contributed by atoms with Gasteiger partial charge in [-0.1, -0.05) is 18.2 Å². The van der Waals surface area contributed by atoms with E-state index in [1.807, 2.05) is 0 Å². The van der Waals surface area contributed by atoms with Crippen molar-refractivity contribution in [2.45, 2.75) is 12.6 Å². The molecule has 0 saturated heterocycles. The first-order valence-electron chi connectivity index (χ1n) is 8.55. The van der Waals surface area contributed by atoms with E-state index < -0.39 is 22.6 Å². The molecule has 0 atom stereocenters. The summed E-state index contributed by atoms with van der Waals surface area (Å²) in [6.45, 7) is 0. The molecule has 154 valence electrons. The van der Waals surface area contributed by atoms with Gasteiger partial charge in [0.15, 0.2) is 0 Å². The molecule has 0 aliphatic rings. The van der Waals surface area contributed by atoms with Gasteiger partial charge in [0.25, 0.3) is 5.69 Å². The van der Waals surface area contributed by atoms with Crippen molar-refractivity contribution >= 4 is 17.8 Å². The molecule has 0 spiro atoms. The number of rotatable bonds is 6. The highest BCUT2D eigenvalue weighted by Gasteiger charge is 2.30. The average molecular weight is 417 g/mol. The minimum Gasteiger partial charge on any atom is -0.455 e. The van der Waals surface area contributed by atoms with Crippen LogP contribution in [-0.2, 0) is 17.4 Å². The number of non-ortho nitro benzene ring substituents is 1. The van der Waals surface area contributed by atoms with Gasteiger partial charge < -0.3 is 4.42 Å². The van der Waals surface area contributed by atoms with Crippen LogP contribution in [0.25, 0.3) is 11.3 Å². The summed E-state index contributed by atoms with van der Waals surface area (Å²) in [5.41, 5.74) is 2.17. The van der Waals surface area contributed by atoms with Gasteiger partial charge in [0, 0.05) is 17.7 Å². The number of carbonyl (C=O) groups is 1. The molecule has 30 heavy (non-hydrogen) atoms. The Kier molecular flexibility index (Phi) is 5.95. The lowest BCUT2D eigenvalue weighted by atomic mass is 10.1. The van der Waals surface area contributed by atoms with Crippen molar-refractivity contribution in [3.63, 3.8) is 0 Å². The van der Waals surface area contributed by atoms with Crippen LogP contribution in [0, 0.1) is 10.1 Å². The zero-order valence-electron chi connectivity index (χ0n) is 15.2. The summed E-state index contributed by atoms with van der Waals surface area (Å²) < 4.78 is 43.7. The normalized spacial score (nSPS) is 11.6. The van der Waals surface area contributed by atoms with E-state index in [2.05, 4.69) is 10.5 Å². The standard InChI is InChI=1S/C20H14F3N3O4/c21-20(22,23)15-3-1-2-13(10-15)11-19(27)25-24-12-17-8-9-18(30-17)14-4-6-16(7-5-14)26(28)29/h1-10,12H,11H2,(H,25,27)/b24-12-. The van der Waals surface area contributed by atoms with Gasteiger partial charge in [0.1, 0.15) is 11.5 Å². The average Bonchev–Trinajstić information content (AvgIpc) is 3.16. The Morgan fingerprint density at radius 2 is 1.87 bits per heavy atom. The highest BCUT2D eigenvalue weighted by molar-refractivity contribution is 5.82. The fraction of sp³-hybridized carbons (Fsp3) is 0.100. The van der Waals surface area contributed by atoms with Gasteiger partial charge in [-0.3, -0.25) is 14.9 Å². The van der Waals surface area contributed by atoms with Crippen molar-refractivity contribution in [3.8, 4) is 11.3 Å². The summed E-state index contributed by atoms with van der Waals surface area (Å²) in [6.07, 6.45) is -3.52. The molecule has 0 saturated carbocycles. The second kappa shape index (κ2) is 8.60. The molecule has 1 aromatic heterocycles. The second-order valence-electron chi connectivity index (χ2n) is 6.17. The van der Waals surface area contributed by atoms with Gasteiger partial charge in [0.05, 0.1) is 23.1 Å². The van der Waals surface area contributed by atoms with E-state index in [-0.39, 0.29) is 17.7 Å². The van der Waals surface area contributed by atoms with Crippen molar-refractivity contribution in [2.24, 2.45) is 5.10 Å². The summed E-state index contributed by atoms with van der Waals surface area (Å²) >= 11 is 0. The third-order valence-corrected chi connectivity index (χ3v) is 3.99. The van der Waals surface area contributed by atoms with E-state index in [1.165, 1.54) is 42.6 Å². The predicted octanol–water partition coefficient (Wildman–Crippen LogP) is 4.57. The Hall–Kier alpha value is -3.95. The number of nitrogens with one attached hydrogen (secondary N) is 1. The number of hydrogen-bond donors (Lipinski definition) is 1. The van der Waals surface area contributed by atoms with E-state index in [1.54, 1.807) is 12.1 Å². The van der Waals surface area contributed by atoms with Crippen LogP contribution < -0.4 is 5.43 Å². The van der Waals surface area contributed by atoms with Crippen molar-refractivity contribution in [2.75, 3.05) is 0 Å². The first-order chi connectivity index (χ1) is 14.2. The number of amides is 1. The molecule has 1 N–H and O–H groups in total. The van der Waals surface area contributed by atoms with Gasteiger partial charge in [0.2, 0.25) is 5.91 Å². The number of nitrogens with zero attached hydrogens (tertiary/aromatic N) is 2. The molecule has 10 heteroatoms. The topological polar surface area (TPSA) is 97.7 Å². The largest absolute Gasteiger partial charge is 0.455 e. The minimum atomic E-state index is -4.48. The third-order valence-electron chi connectivity index (χ3n) is 3.99. The Labute approximate surface area is 168 Å². The lowest BCUT2D eigenvalue weighted by molar-refractivity contribution is -0.384. The van der Waals surface area contributed by atoms with E-state index in [9.17, 15) is 28.1 Å². The van der Waals surface area contributed by atoms with Crippen LogP contribution in [0.5, 0.6) is 0 Å². The predicted molar refractivity (Wildman–Crippen MR) is 102 cm³/mol. The number of hydrazone groups is 1. The van der Waals surface area contributed by atoms with Crippen LogP contribution in [0.15, 0.2) is 70.2 Å². The number of halogens is 3. The Morgan fingerprint density at radius 3 is 2.53 bits per heavy atom. The molecule has 0 bridgehead atoms. The highest BCUT2D eigenvalue weighted by Crippen LogP contribution is 2.29. The molecule has 1 heterocycles. The minimum absolute atomic E-state index is 0.0458. The van der Waals surface area contributed by atoms with E-state index in [0.29, 0.717) is 17.1 Å². The summed E-state index contributed by atoms with van der Waals surface area (Å²) in [4.78, 5) is 22.1. The molecule has 2 aromatic carbocycles. The maximum atomic E-state index is 12.7. The number of hydrogen-bond acceptors (Lipinski definition) is 5. The van der Waals surface area contributed by atoms with Gasteiger partial charge >= 0.3 is 6.18 Å². The number of benzene rings is 2. The monoisotopic (exact) mass is 417 g/mol. The number of alkyl halides is 3. The van der Waals surface area contributed by atoms with Crippen LogP contribution in [-0.4, -0.2) is 17.0 Å². The van der Waals surface area contributed by atoms with Gasteiger partial charge in [-0.25, -0.2) is 5.43 Å². The maximum Gasteiger partial charge on any atom is 0.416 e. The molecular formula is C20H14F3N3O4. The molecule has 0 aliphatic carbocycles. The molecule has 0 aliphatic heterocycles. The summed E-state index contributed by atoms with van der Waals surface area (Å²) in [5.74, 6) is 0.164. The van der Waals surface area contributed by atoms with Crippen molar-refractivity contribution in [3.05, 3.63) is 87.7 Å². The van der Waals surface area contributed by atoms with Crippen LogP contribution >= 0.6 is 0 Å². The summed E-state index contributed by atoms with van der Waals surface area (Å²) in [7, 11) is 0. The van der Waals surface area contributed by atoms with Gasteiger partial charge in [-0.2, -0.15) is 18.3 Å². The zero-order chi connectivity index (χ0) is 21.7. The summed E-state index contributed by atoms with van der Waals surface area (Å²) in [6, 6.07) is 13.5. The molecule has 0 fully saturated rings. The molecule has 0 radical (unpaired) electrons. The lowest BCUT2D eigenvalue weighted by Gasteiger charge is -2.08. The molecule has 0 unspecified atom stereocenters. The zero-order valence-corrected chi connectivity index (χ0v) is 15.2. The Morgan fingerprint density at radius 1 is 1.13 bits per heavy atom. The number of nitro groups is 1. The van der Waals surface area contributed by atoms with Crippen molar-refractivity contribution in [1.82, 2.24) is 5.43 Å². The number of furan rings is 1. The quantitative estimate of drug-likeness (QED) is 0.361. The molecule has 7 nitrogen and oxygen atoms in total. The fourth-order valence-corrected chi connectivity index (χ4v) is 2.58. The van der Waals surface area contributed by atoms with Crippen LogP contribution in [0.3, 0.4) is 0 Å². The SMILES string of the molecule is O=C(Cc1cccc(C(F)(F)F)c1)N/N=C\c1ccc(-c2ccc([N+](=O)[O-])cc2)o1. The van der Waals surface area contributed by atoms with Crippen molar-refractivity contribution < 1.29 is 27.3 Å². The molecule has 1 amide bonds. The fourth-order valence-electron chi connectivity index (χ4n) is 2.58. The first kappa shape index (κ1) is 20.8. The van der Waals surface area contributed by atoms with Crippen LogP contribution in [0.4, 0.5) is 18.9 Å². The van der Waals surface area contributed by atoms with Crippen LogP contribution in [0.2, 0.25) is 0 Å². The molecule has 3 rings (SSSR count). The van der Waals surface area contributed by atoms with E-state index in [0.717, 1.165) is 12.1 Å². The van der Waals surface area contributed by atoms with Crippen molar-refractivity contribution in [1.29, 1.82) is 0 Å². The third kappa shape index (κ3) is 5.31. The molecular weight excluding hydrogens is 403 g/mol.